The van der Waals surface area contributed by atoms with Gasteiger partial charge in [-0.2, -0.15) is 0 Å². The summed E-state index contributed by atoms with van der Waals surface area (Å²) in [5.74, 6) is 10.2. The second-order valence-corrected chi connectivity index (χ2v) is 42.8. The van der Waals surface area contributed by atoms with Crippen molar-refractivity contribution in [1.82, 2.24) is 4.57 Å². The molecule has 0 amide bonds. The maximum atomic E-state index is 6.39. The third kappa shape index (κ3) is 11.0. The molecule has 12 fully saturated rings. The number of aromatic nitrogens is 1. The smallest absolute Gasteiger partial charge is 0.137 e. The fourth-order valence-corrected chi connectivity index (χ4v) is 32.9. The molecule has 3 aromatic heterocycles. The molecule has 132 heavy (non-hydrogen) atoms. The molecule has 15 aliphatic rings. The van der Waals surface area contributed by atoms with Crippen LogP contribution in [0.25, 0.3) is 103 Å². The summed E-state index contributed by atoms with van der Waals surface area (Å²) in [7, 11) is 0. The van der Waals surface area contributed by atoms with Crippen LogP contribution in [0.3, 0.4) is 0 Å². The largest absolute Gasteiger partial charge is 0.456 e. The molecule has 34 rings (SSSR count). The number of furan rings is 1. The lowest BCUT2D eigenvalue weighted by atomic mass is 9.43. The van der Waals surface area contributed by atoms with Crippen molar-refractivity contribution in [3.63, 3.8) is 0 Å². The van der Waals surface area contributed by atoms with Crippen LogP contribution in [-0.2, 0) is 16.2 Å². The zero-order chi connectivity index (χ0) is 86.2. The van der Waals surface area contributed by atoms with Gasteiger partial charge >= 0.3 is 0 Å². The Labute approximate surface area is 776 Å². The predicted molar refractivity (Wildman–Crippen MR) is 548 cm³/mol. The first-order valence-electron chi connectivity index (χ1n) is 49.5. The molecule has 6 heteroatoms. The van der Waals surface area contributed by atoms with Gasteiger partial charge in [-0.15, -0.1) is 11.3 Å². The van der Waals surface area contributed by atoms with Crippen LogP contribution in [-0.4, -0.2) is 4.57 Å². The SMILES string of the molecule is c1ccc(N(c2ccc(-n3c4ccccc4c4ccccc43)cc2)c2cccc3c2-c2ccccc2C32C3CC4CC(C3)CC2C4)cc1.c1ccc(N(c2ccc3c(c2)oc2ccccc23)c2cccc3c2-c2ccccc2C32C3CC4CC(C3)CC2C4)cc1.c1ccc(N(c2ccc3c(c2)sc2ccccc23)c2cccc3c2-c2ccccc2C32C3CC4CC(C3)CC2C4)cc1. The average Bonchev–Trinajstić information content (AvgIpc) is 1.52. The van der Waals surface area contributed by atoms with E-state index < -0.39 is 0 Å². The normalized spacial score (nSPS) is 26.0. The number of hydrogen-bond acceptors (Lipinski definition) is 5. The minimum Gasteiger partial charge on any atom is -0.456 e. The van der Waals surface area contributed by atoms with E-state index in [1.165, 1.54) is 234 Å². The number of benzene rings is 16. The minimum atomic E-state index is 0.151. The van der Waals surface area contributed by atoms with E-state index >= 15 is 0 Å². The third-order valence-electron chi connectivity index (χ3n) is 35.6. The van der Waals surface area contributed by atoms with Gasteiger partial charge in [0, 0.05) is 121 Å². The fourth-order valence-electron chi connectivity index (χ4n) is 31.8. The second kappa shape index (κ2) is 29.4. The molecule has 19 aromatic rings. The van der Waals surface area contributed by atoms with E-state index in [4.69, 9.17) is 4.42 Å². The lowest BCUT2D eigenvalue weighted by Crippen LogP contribution is -2.55. The highest BCUT2D eigenvalue weighted by atomic mass is 32.1. The van der Waals surface area contributed by atoms with Gasteiger partial charge < -0.3 is 23.7 Å². The Hall–Kier alpha value is -13.3. The summed E-state index contributed by atoms with van der Waals surface area (Å²) in [6, 6.07) is 141. The molecule has 12 bridgehead atoms. The summed E-state index contributed by atoms with van der Waals surface area (Å²) in [6.45, 7) is 0. The van der Waals surface area contributed by atoms with Crippen molar-refractivity contribution in [2.45, 2.75) is 113 Å². The summed E-state index contributed by atoms with van der Waals surface area (Å²) in [5.41, 5.74) is 35.4. The van der Waals surface area contributed by atoms with Crippen LogP contribution in [0.5, 0.6) is 0 Å². The fraction of sp³-hybridized carbons (Fsp3) is 0.238. The van der Waals surface area contributed by atoms with Crippen LogP contribution in [0, 0.1) is 71.0 Å². The maximum Gasteiger partial charge on any atom is 0.137 e. The van der Waals surface area contributed by atoms with Crippen molar-refractivity contribution < 1.29 is 4.42 Å². The Bertz CT molecular complexity index is 7430. The number of rotatable bonds is 10. The first kappa shape index (κ1) is 76.4. The first-order chi connectivity index (χ1) is 65.4. The standard InChI is InChI=1S/C46H38N2.C40H33NO.C40H33NS/c1-2-11-34(12-3-1)47(35-21-23-36(24-22-35)48-42-18-8-5-13-37(42)38-14-6-9-19-43(38)48)44-20-10-17-41-45(44)39-15-4-7-16-40(39)46(41)32-26-30-25-31(28-32)29-33(46)27-30;2*1-2-9-29(10-3-1)41(30-17-18-32-31-11-5-7-16-37(31)42-38(32)24-30)36-15-8-14-35-39(36)33-12-4-6-13-34(33)40(35)27-20-25-19-26(22-27)23-28(40)21-25/h1-24,30-33H,25-29H2;2*1-18,24-28H,19-23H2. The molecular weight excluding hydrogens is 1620 g/mol. The van der Waals surface area contributed by atoms with Gasteiger partial charge in [0.1, 0.15) is 11.2 Å². The van der Waals surface area contributed by atoms with Crippen molar-refractivity contribution >= 4 is 126 Å². The Morgan fingerprint density at radius 2 is 0.538 bits per heavy atom. The van der Waals surface area contributed by atoms with Crippen molar-refractivity contribution in [3.8, 4) is 39.1 Å². The molecule has 3 heterocycles. The summed E-state index contributed by atoms with van der Waals surface area (Å²) < 4.78 is 11.5. The van der Waals surface area contributed by atoms with Gasteiger partial charge in [-0.25, -0.2) is 0 Å². The summed E-state index contributed by atoms with van der Waals surface area (Å²) in [5, 5.41) is 7.63. The van der Waals surface area contributed by atoms with Gasteiger partial charge in [-0.1, -0.05) is 243 Å². The quantitative estimate of drug-likeness (QED) is 0.136. The molecule has 16 aromatic carbocycles. The number of thiophene rings is 1. The van der Waals surface area contributed by atoms with Gasteiger partial charge in [0.2, 0.25) is 0 Å². The first-order valence-corrected chi connectivity index (χ1v) is 50.3. The Kier molecular flexibility index (Phi) is 17.0. The zero-order valence-corrected chi connectivity index (χ0v) is 75.3. The van der Waals surface area contributed by atoms with E-state index in [-0.39, 0.29) is 16.2 Å². The van der Waals surface area contributed by atoms with Crippen LogP contribution < -0.4 is 14.7 Å². The predicted octanol–water partition coefficient (Wildman–Crippen LogP) is 34.0. The molecule has 12 saturated carbocycles. The molecule has 0 unspecified atom stereocenters. The molecule has 640 valence electrons. The van der Waals surface area contributed by atoms with E-state index in [2.05, 4.69) is 389 Å². The third-order valence-corrected chi connectivity index (χ3v) is 36.8. The number of hydrogen-bond donors (Lipinski definition) is 0. The second-order valence-electron chi connectivity index (χ2n) is 41.7. The van der Waals surface area contributed by atoms with Crippen LogP contribution in [0.15, 0.2) is 381 Å². The van der Waals surface area contributed by atoms with E-state index in [1.807, 2.05) is 17.4 Å². The van der Waals surface area contributed by atoms with Gasteiger partial charge in [-0.3, -0.25) is 0 Å². The minimum absolute atomic E-state index is 0.151. The highest BCUT2D eigenvalue weighted by Crippen LogP contribution is 2.75. The monoisotopic (exact) mass is 1720 g/mol. The molecule has 0 radical (unpaired) electrons. The number of nitrogens with zero attached hydrogens (tertiary/aromatic N) is 4. The van der Waals surface area contributed by atoms with E-state index in [0.29, 0.717) is 0 Å². The molecule has 15 aliphatic carbocycles. The van der Waals surface area contributed by atoms with Gasteiger partial charge in [0.15, 0.2) is 0 Å². The highest BCUT2D eigenvalue weighted by molar-refractivity contribution is 7.25. The molecule has 0 aliphatic heterocycles. The van der Waals surface area contributed by atoms with Crippen molar-refractivity contribution in [1.29, 1.82) is 0 Å². The lowest BCUT2D eigenvalue weighted by molar-refractivity contribution is -0.0399. The van der Waals surface area contributed by atoms with Crippen LogP contribution >= 0.6 is 11.3 Å². The van der Waals surface area contributed by atoms with Crippen molar-refractivity contribution in [2.75, 3.05) is 14.7 Å². The Morgan fingerprint density at radius 3 is 0.970 bits per heavy atom. The van der Waals surface area contributed by atoms with Crippen LogP contribution in [0.4, 0.5) is 51.2 Å². The summed E-state index contributed by atoms with van der Waals surface area (Å²) in [4.78, 5) is 7.52. The van der Waals surface area contributed by atoms with Gasteiger partial charge in [-0.05, 0) is 345 Å². The van der Waals surface area contributed by atoms with Gasteiger partial charge in [0.05, 0.1) is 28.1 Å². The number of para-hydroxylation sites is 6. The molecule has 0 N–H and O–H groups in total. The number of fused-ring (bicyclic) bond motifs is 18. The van der Waals surface area contributed by atoms with E-state index in [0.717, 1.165) is 87.9 Å². The zero-order valence-electron chi connectivity index (χ0n) is 74.4. The molecule has 3 spiro atoms. The number of anilines is 9. The van der Waals surface area contributed by atoms with E-state index in [9.17, 15) is 0 Å². The molecule has 0 atom stereocenters. The molecule has 5 nitrogen and oxygen atoms in total. The topological polar surface area (TPSA) is 27.8 Å². The maximum absolute atomic E-state index is 6.39. The average molecular weight is 1720 g/mol. The molecular formula is C126H104N4OS. The van der Waals surface area contributed by atoms with Crippen LogP contribution in [0.1, 0.15) is 130 Å². The van der Waals surface area contributed by atoms with E-state index in [1.54, 1.807) is 33.4 Å². The molecule has 0 saturated heterocycles. The summed E-state index contributed by atoms with van der Waals surface area (Å²) in [6.07, 6.45) is 21.3. The highest BCUT2D eigenvalue weighted by Gasteiger charge is 2.65. The van der Waals surface area contributed by atoms with Gasteiger partial charge in [0.25, 0.3) is 0 Å². The lowest BCUT2D eigenvalue weighted by Gasteiger charge is -2.61. The Balaban J connectivity index is 0.0000000973. The van der Waals surface area contributed by atoms with Crippen molar-refractivity contribution in [3.05, 3.63) is 409 Å². The summed E-state index contributed by atoms with van der Waals surface area (Å²) >= 11 is 1.90. The Morgan fingerprint density at radius 1 is 0.227 bits per heavy atom. The van der Waals surface area contributed by atoms with Crippen molar-refractivity contribution in [2.24, 2.45) is 71.0 Å². The van der Waals surface area contributed by atoms with Crippen LogP contribution in [0.2, 0.25) is 0 Å².